The molecule has 1 saturated heterocycles. The van der Waals surface area contributed by atoms with Gasteiger partial charge in [0, 0.05) is 31.2 Å². The third kappa shape index (κ3) is 1.62. The fraction of sp³-hybridized carbons (Fsp3) is 1.00. The standard InChI is InChI=1S/C11H22N2/c1-3-11(5-4-6-11)13-8-7-12-10(2)9-13/h10,12H,3-9H2,1-2H3. The summed E-state index contributed by atoms with van der Waals surface area (Å²) in [5.74, 6) is 0. The van der Waals surface area contributed by atoms with Crippen LogP contribution < -0.4 is 5.32 Å². The lowest BCUT2D eigenvalue weighted by atomic mass is 9.73. The topological polar surface area (TPSA) is 15.3 Å². The van der Waals surface area contributed by atoms with E-state index in [0.717, 1.165) is 0 Å². The largest absolute Gasteiger partial charge is 0.312 e. The van der Waals surface area contributed by atoms with E-state index in [9.17, 15) is 0 Å². The van der Waals surface area contributed by atoms with E-state index in [1.807, 2.05) is 0 Å². The van der Waals surface area contributed by atoms with Crippen molar-refractivity contribution < 1.29 is 0 Å². The zero-order chi connectivity index (χ0) is 9.31. The molecule has 1 atom stereocenters. The van der Waals surface area contributed by atoms with Gasteiger partial charge in [-0.3, -0.25) is 4.90 Å². The fourth-order valence-electron chi connectivity index (χ4n) is 2.84. The van der Waals surface area contributed by atoms with E-state index in [0.29, 0.717) is 11.6 Å². The Morgan fingerprint density at radius 2 is 2.23 bits per heavy atom. The summed E-state index contributed by atoms with van der Waals surface area (Å²) < 4.78 is 0. The van der Waals surface area contributed by atoms with Gasteiger partial charge in [-0.25, -0.2) is 0 Å². The predicted molar refractivity (Wildman–Crippen MR) is 55.9 cm³/mol. The molecular formula is C11H22N2. The number of nitrogens with zero attached hydrogens (tertiary/aromatic N) is 1. The Balaban J connectivity index is 1.97. The summed E-state index contributed by atoms with van der Waals surface area (Å²) in [5, 5.41) is 3.51. The Kier molecular flexibility index (Phi) is 2.61. The molecular weight excluding hydrogens is 160 g/mol. The van der Waals surface area contributed by atoms with Crippen LogP contribution in [0, 0.1) is 0 Å². The highest BCUT2D eigenvalue weighted by atomic mass is 15.3. The second-order valence-electron chi connectivity index (χ2n) is 4.73. The Labute approximate surface area is 81.7 Å². The third-order valence-corrected chi connectivity index (χ3v) is 3.98. The molecule has 2 heteroatoms. The van der Waals surface area contributed by atoms with Gasteiger partial charge >= 0.3 is 0 Å². The third-order valence-electron chi connectivity index (χ3n) is 3.98. The molecule has 76 valence electrons. The average molecular weight is 182 g/mol. The molecule has 1 N–H and O–H groups in total. The lowest BCUT2D eigenvalue weighted by Crippen LogP contribution is -2.61. The summed E-state index contributed by atoms with van der Waals surface area (Å²) in [7, 11) is 0. The maximum Gasteiger partial charge on any atom is 0.0208 e. The first kappa shape index (κ1) is 9.47. The van der Waals surface area contributed by atoms with Crippen molar-refractivity contribution in [2.45, 2.75) is 51.1 Å². The molecule has 2 aliphatic rings. The molecule has 1 aliphatic carbocycles. The molecule has 0 amide bonds. The van der Waals surface area contributed by atoms with Crippen molar-refractivity contribution in [2.24, 2.45) is 0 Å². The molecule has 0 aromatic heterocycles. The van der Waals surface area contributed by atoms with Gasteiger partial charge in [-0.1, -0.05) is 6.92 Å². The summed E-state index contributed by atoms with van der Waals surface area (Å²) in [6.07, 6.45) is 5.68. The zero-order valence-electron chi connectivity index (χ0n) is 8.97. The van der Waals surface area contributed by atoms with Crippen LogP contribution >= 0.6 is 0 Å². The molecule has 2 nitrogen and oxygen atoms in total. The molecule has 0 aromatic carbocycles. The fourth-order valence-corrected chi connectivity index (χ4v) is 2.84. The minimum Gasteiger partial charge on any atom is -0.312 e. The van der Waals surface area contributed by atoms with Crippen LogP contribution in [0.25, 0.3) is 0 Å². The molecule has 1 heterocycles. The van der Waals surface area contributed by atoms with E-state index >= 15 is 0 Å². The molecule has 1 saturated carbocycles. The molecule has 0 bridgehead atoms. The normalized spacial score (nSPS) is 34.2. The molecule has 1 unspecified atom stereocenters. The quantitative estimate of drug-likeness (QED) is 0.698. The van der Waals surface area contributed by atoms with Crippen LogP contribution in [0.5, 0.6) is 0 Å². The smallest absolute Gasteiger partial charge is 0.0208 e. The molecule has 0 radical (unpaired) electrons. The van der Waals surface area contributed by atoms with Gasteiger partial charge in [0.05, 0.1) is 0 Å². The highest BCUT2D eigenvalue weighted by molar-refractivity contribution is 4.99. The van der Waals surface area contributed by atoms with Gasteiger partial charge in [0.1, 0.15) is 0 Å². The van der Waals surface area contributed by atoms with E-state index < -0.39 is 0 Å². The minimum absolute atomic E-state index is 0.608. The molecule has 13 heavy (non-hydrogen) atoms. The SMILES string of the molecule is CCC1(N2CCNC(C)C2)CCC1. The van der Waals surface area contributed by atoms with E-state index in [4.69, 9.17) is 0 Å². The van der Waals surface area contributed by atoms with E-state index in [1.54, 1.807) is 0 Å². The second-order valence-corrected chi connectivity index (χ2v) is 4.73. The van der Waals surface area contributed by atoms with E-state index in [1.165, 1.54) is 45.3 Å². The molecule has 0 aromatic rings. The lowest BCUT2D eigenvalue weighted by molar-refractivity contribution is -0.00565. The summed E-state index contributed by atoms with van der Waals surface area (Å²) in [6, 6.07) is 0.692. The Morgan fingerprint density at radius 1 is 1.46 bits per heavy atom. The first-order chi connectivity index (χ1) is 6.27. The van der Waals surface area contributed by atoms with Crippen molar-refractivity contribution in [3.05, 3.63) is 0 Å². The summed E-state index contributed by atoms with van der Waals surface area (Å²) >= 11 is 0. The van der Waals surface area contributed by atoms with Crippen molar-refractivity contribution in [1.29, 1.82) is 0 Å². The van der Waals surface area contributed by atoms with Crippen molar-refractivity contribution in [1.82, 2.24) is 10.2 Å². The van der Waals surface area contributed by atoms with Gasteiger partial charge in [0.2, 0.25) is 0 Å². The van der Waals surface area contributed by atoms with Gasteiger partial charge in [0.15, 0.2) is 0 Å². The van der Waals surface area contributed by atoms with Gasteiger partial charge in [-0.05, 0) is 32.6 Å². The number of hydrogen-bond acceptors (Lipinski definition) is 2. The number of nitrogens with one attached hydrogen (secondary N) is 1. The monoisotopic (exact) mass is 182 g/mol. The van der Waals surface area contributed by atoms with Crippen LogP contribution in [0.3, 0.4) is 0 Å². The van der Waals surface area contributed by atoms with Gasteiger partial charge in [0.25, 0.3) is 0 Å². The van der Waals surface area contributed by atoms with Crippen LogP contribution in [-0.2, 0) is 0 Å². The van der Waals surface area contributed by atoms with Crippen molar-refractivity contribution in [3.63, 3.8) is 0 Å². The van der Waals surface area contributed by atoms with Crippen LogP contribution in [-0.4, -0.2) is 36.1 Å². The molecule has 1 aliphatic heterocycles. The lowest BCUT2D eigenvalue weighted by Gasteiger charge is -2.52. The summed E-state index contributed by atoms with van der Waals surface area (Å²) in [6.45, 7) is 8.36. The first-order valence-electron chi connectivity index (χ1n) is 5.75. The highest BCUT2D eigenvalue weighted by Gasteiger charge is 2.41. The average Bonchev–Trinajstić information content (AvgIpc) is 2.03. The number of rotatable bonds is 2. The highest BCUT2D eigenvalue weighted by Crippen LogP contribution is 2.40. The molecule has 2 fully saturated rings. The zero-order valence-corrected chi connectivity index (χ0v) is 8.97. The number of hydrogen-bond donors (Lipinski definition) is 1. The van der Waals surface area contributed by atoms with Crippen molar-refractivity contribution in [3.8, 4) is 0 Å². The van der Waals surface area contributed by atoms with Gasteiger partial charge in [-0.2, -0.15) is 0 Å². The Morgan fingerprint density at radius 3 is 2.69 bits per heavy atom. The molecule has 0 spiro atoms. The van der Waals surface area contributed by atoms with E-state index in [-0.39, 0.29) is 0 Å². The minimum atomic E-state index is 0.608. The van der Waals surface area contributed by atoms with E-state index in [2.05, 4.69) is 24.1 Å². The van der Waals surface area contributed by atoms with Crippen molar-refractivity contribution in [2.75, 3.05) is 19.6 Å². The van der Waals surface area contributed by atoms with Crippen LogP contribution in [0.15, 0.2) is 0 Å². The first-order valence-corrected chi connectivity index (χ1v) is 5.75. The predicted octanol–water partition coefficient (Wildman–Crippen LogP) is 1.61. The van der Waals surface area contributed by atoms with Crippen LogP contribution in [0.1, 0.15) is 39.5 Å². The maximum absolute atomic E-state index is 3.51. The Hall–Kier alpha value is -0.0800. The van der Waals surface area contributed by atoms with Crippen molar-refractivity contribution >= 4 is 0 Å². The molecule has 2 rings (SSSR count). The summed E-state index contributed by atoms with van der Waals surface area (Å²) in [5.41, 5.74) is 0.608. The maximum atomic E-state index is 3.51. The Bertz CT molecular complexity index is 169. The number of piperazine rings is 1. The van der Waals surface area contributed by atoms with Crippen LogP contribution in [0.4, 0.5) is 0 Å². The second kappa shape index (κ2) is 3.58. The van der Waals surface area contributed by atoms with Gasteiger partial charge < -0.3 is 5.32 Å². The summed E-state index contributed by atoms with van der Waals surface area (Å²) in [4.78, 5) is 2.73. The van der Waals surface area contributed by atoms with Gasteiger partial charge in [-0.15, -0.1) is 0 Å². The van der Waals surface area contributed by atoms with Crippen LogP contribution in [0.2, 0.25) is 0 Å².